The van der Waals surface area contributed by atoms with Gasteiger partial charge < -0.3 is 15.4 Å². The van der Waals surface area contributed by atoms with Gasteiger partial charge in [-0.05, 0) is 41.5 Å². The van der Waals surface area contributed by atoms with Gasteiger partial charge in [0, 0.05) is 48.1 Å². The fourth-order valence-electron chi connectivity index (χ4n) is 4.22. The summed E-state index contributed by atoms with van der Waals surface area (Å²) in [5.41, 5.74) is 10.0. The van der Waals surface area contributed by atoms with Crippen molar-refractivity contribution in [2.75, 3.05) is 31.2 Å². The van der Waals surface area contributed by atoms with Gasteiger partial charge in [0.25, 0.3) is 0 Å². The molecule has 164 valence electrons. The monoisotopic (exact) mass is 440 g/mol. The van der Waals surface area contributed by atoms with E-state index >= 15 is 0 Å². The number of nitrogens with two attached hydrogens (primary N) is 1. The molecule has 1 saturated heterocycles. The van der Waals surface area contributed by atoms with Gasteiger partial charge in [0.15, 0.2) is 0 Å². The van der Waals surface area contributed by atoms with Crippen molar-refractivity contribution in [1.82, 2.24) is 9.97 Å². The fourth-order valence-corrected chi connectivity index (χ4v) is 4.22. The summed E-state index contributed by atoms with van der Waals surface area (Å²) >= 11 is 0. The molecule has 3 aromatic rings. The van der Waals surface area contributed by atoms with Crippen LogP contribution in [0.1, 0.15) is 27.2 Å². The van der Waals surface area contributed by atoms with Crippen molar-refractivity contribution in [1.29, 1.82) is 0 Å². The summed E-state index contributed by atoms with van der Waals surface area (Å²) in [6, 6.07) is 9.80. The van der Waals surface area contributed by atoms with Gasteiger partial charge in [-0.15, -0.1) is 0 Å². The van der Waals surface area contributed by atoms with Crippen LogP contribution in [0.25, 0.3) is 22.5 Å². The Labute approximate surface area is 181 Å². The number of carbonyl (C=O) groups is 1. The SMILES string of the molecule is NC(=O)c1cc(-c2ccc(C(F)(F)F)nc2)nc2c1Cc1cc(N3CCOCC3)ccc1-2. The lowest BCUT2D eigenvalue weighted by Gasteiger charge is -2.29. The molecule has 5 rings (SSSR count). The first-order valence-corrected chi connectivity index (χ1v) is 10.1. The van der Waals surface area contributed by atoms with Gasteiger partial charge >= 0.3 is 6.18 Å². The number of rotatable bonds is 3. The van der Waals surface area contributed by atoms with Gasteiger partial charge in [-0.3, -0.25) is 9.78 Å². The molecule has 3 heterocycles. The number of anilines is 1. The topological polar surface area (TPSA) is 81.3 Å². The van der Waals surface area contributed by atoms with E-state index in [4.69, 9.17) is 10.5 Å². The molecule has 1 amide bonds. The molecule has 0 atom stereocenters. The summed E-state index contributed by atoms with van der Waals surface area (Å²) in [5.74, 6) is -0.606. The van der Waals surface area contributed by atoms with Gasteiger partial charge in [0.2, 0.25) is 5.91 Å². The van der Waals surface area contributed by atoms with Crippen LogP contribution >= 0.6 is 0 Å². The first kappa shape index (κ1) is 20.4. The maximum Gasteiger partial charge on any atom is 0.433 e. The first-order valence-electron chi connectivity index (χ1n) is 10.1. The molecule has 2 N–H and O–H groups in total. The van der Waals surface area contributed by atoms with E-state index in [1.54, 1.807) is 0 Å². The Hall–Kier alpha value is -3.46. The van der Waals surface area contributed by atoms with Crippen molar-refractivity contribution in [2.45, 2.75) is 12.6 Å². The Morgan fingerprint density at radius 3 is 2.53 bits per heavy atom. The zero-order chi connectivity index (χ0) is 22.5. The number of ether oxygens (including phenoxy) is 1. The number of nitrogens with zero attached hydrogens (tertiary/aromatic N) is 3. The molecule has 1 fully saturated rings. The Balaban J connectivity index is 1.56. The Kier molecular flexibility index (Phi) is 4.85. The molecular weight excluding hydrogens is 421 g/mol. The quantitative estimate of drug-likeness (QED) is 0.526. The van der Waals surface area contributed by atoms with Crippen molar-refractivity contribution in [2.24, 2.45) is 5.73 Å². The van der Waals surface area contributed by atoms with Crippen molar-refractivity contribution < 1.29 is 22.7 Å². The summed E-state index contributed by atoms with van der Waals surface area (Å²) in [5, 5.41) is 0. The number of halogens is 3. The second-order valence-corrected chi connectivity index (χ2v) is 7.79. The maximum absolute atomic E-state index is 12.9. The molecule has 32 heavy (non-hydrogen) atoms. The van der Waals surface area contributed by atoms with Gasteiger partial charge in [-0.25, -0.2) is 4.98 Å². The largest absolute Gasteiger partial charge is 0.433 e. The summed E-state index contributed by atoms with van der Waals surface area (Å²) in [6.07, 6.45) is -2.90. The number of primary amides is 1. The molecule has 0 saturated carbocycles. The van der Waals surface area contributed by atoms with E-state index in [0.717, 1.165) is 47.7 Å². The molecule has 0 spiro atoms. The van der Waals surface area contributed by atoms with Crippen LogP contribution in [0, 0.1) is 0 Å². The zero-order valence-electron chi connectivity index (χ0n) is 16.9. The average molecular weight is 440 g/mol. The van der Waals surface area contributed by atoms with E-state index in [0.29, 0.717) is 42.1 Å². The normalized spacial score (nSPS) is 15.4. The Morgan fingerprint density at radius 1 is 1.09 bits per heavy atom. The fraction of sp³-hybridized carbons (Fsp3) is 0.261. The Bertz CT molecular complexity index is 1200. The van der Waals surface area contributed by atoms with Gasteiger partial charge in [-0.2, -0.15) is 13.2 Å². The highest BCUT2D eigenvalue weighted by atomic mass is 19.4. The summed E-state index contributed by atoms with van der Waals surface area (Å²) < 4.78 is 44.0. The lowest BCUT2D eigenvalue weighted by atomic mass is 10.0. The highest BCUT2D eigenvalue weighted by molar-refractivity contribution is 5.98. The van der Waals surface area contributed by atoms with Crippen LogP contribution < -0.4 is 10.6 Å². The Morgan fingerprint density at radius 2 is 1.88 bits per heavy atom. The minimum Gasteiger partial charge on any atom is -0.378 e. The van der Waals surface area contributed by atoms with Crippen LogP contribution in [-0.2, 0) is 17.3 Å². The van der Waals surface area contributed by atoms with Crippen LogP contribution in [0.15, 0.2) is 42.6 Å². The number of morpholine rings is 1. The number of fused-ring (bicyclic) bond motifs is 3. The smallest absolute Gasteiger partial charge is 0.378 e. The third-order valence-electron chi connectivity index (χ3n) is 5.83. The van der Waals surface area contributed by atoms with Crippen LogP contribution in [0.3, 0.4) is 0 Å². The van der Waals surface area contributed by atoms with E-state index in [1.807, 2.05) is 12.1 Å². The van der Waals surface area contributed by atoms with Crippen molar-refractivity contribution >= 4 is 11.6 Å². The van der Waals surface area contributed by atoms with Crippen molar-refractivity contribution in [3.63, 3.8) is 0 Å². The highest BCUT2D eigenvalue weighted by Gasteiger charge is 2.32. The van der Waals surface area contributed by atoms with Gasteiger partial charge in [0.05, 0.1) is 24.6 Å². The summed E-state index contributed by atoms with van der Waals surface area (Å²) in [6.45, 7) is 2.97. The minimum absolute atomic E-state index is 0.314. The minimum atomic E-state index is -4.53. The third kappa shape index (κ3) is 3.58. The molecule has 6 nitrogen and oxygen atoms in total. The second-order valence-electron chi connectivity index (χ2n) is 7.79. The molecule has 2 aromatic heterocycles. The van der Waals surface area contributed by atoms with Crippen LogP contribution in [0.4, 0.5) is 18.9 Å². The lowest BCUT2D eigenvalue weighted by molar-refractivity contribution is -0.141. The highest BCUT2D eigenvalue weighted by Crippen LogP contribution is 2.40. The van der Waals surface area contributed by atoms with Crippen molar-refractivity contribution in [3.8, 4) is 22.5 Å². The number of hydrogen-bond acceptors (Lipinski definition) is 5. The number of aromatic nitrogens is 2. The predicted molar refractivity (Wildman–Crippen MR) is 112 cm³/mol. The predicted octanol–water partition coefficient (Wildman–Crippen LogP) is 3.67. The van der Waals surface area contributed by atoms with Crippen LogP contribution in [-0.4, -0.2) is 42.2 Å². The number of amides is 1. The van der Waals surface area contributed by atoms with Crippen LogP contribution in [0.2, 0.25) is 0 Å². The first-order chi connectivity index (χ1) is 15.3. The van der Waals surface area contributed by atoms with E-state index in [9.17, 15) is 18.0 Å². The molecular formula is C23H19F3N4O2. The van der Waals surface area contributed by atoms with E-state index in [2.05, 4.69) is 20.9 Å². The molecule has 0 unspecified atom stereocenters. The molecule has 2 aliphatic rings. The molecule has 1 aliphatic heterocycles. The van der Waals surface area contributed by atoms with E-state index in [1.165, 1.54) is 12.1 Å². The third-order valence-corrected chi connectivity index (χ3v) is 5.83. The molecule has 0 radical (unpaired) electrons. The van der Waals surface area contributed by atoms with Gasteiger partial charge in [0.1, 0.15) is 5.69 Å². The number of hydrogen-bond donors (Lipinski definition) is 1. The lowest BCUT2D eigenvalue weighted by Crippen LogP contribution is -2.36. The summed E-state index contributed by atoms with van der Waals surface area (Å²) in [4.78, 5) is 22.6. The van der Waals surface area contributed by atoms with Gasteiger partial charge in [-0.1, -0.05) is 6.07 Å². The number of benzene rings is 1. The zero-order valence-corrected chi connectivity index (χ0v) is 16.9. The van der Waals surface area contributed by atoms with E-state index in [-0.39, 0.29) is 0 Å². The number of alkyl halides is 3. The molecule has 1 aromatic carbocycles. The van der Waals surface area contributed by atoms with Crippen LogP contribution in [0.5, 0.6) is 0 Å². The molecule has 9 heteroatoms. The second kappa shape index (κ2) is 7.59. The maximum atomic E-state index is 12.9. The number of pyridine rings is 2. The number of carbonyl (C=O) groups excluding carboxylic acids is 1. The average Bonchev–Trinajstić information content (AvgIpc) is 3.16. The molecule has 0 bridgehead atoms. The van der Waals surface area contributed by atoms with E-state index < -0.39 is 17.8 Å². The van der Waals surface area contributed by atoms with Crippen molar-refractivity contribution in [3.05, 3.63) is 65.0 Å². The molecule has 1 aliphatic carbocycles. The summed E-state index contributed by atoms with van der Waals surface area (Å²) in [7, 11) is 0. The standard InChI is InChI=1S/C23H19F3N4O2/c24-23(25,26)20-4-1-13(12-28-20)19-11-18(22(27)31)17-10-14-9-15(30-5-7-32-8-6-30)2-3-16(14)21(17)29-19/h1-4,9,11-12H,5-8,10H2,(H2,27,31).